The molecule has 0 N–H and O–H groups in total. The molecule has 0 fully saturated rings. The molecule has 0 unspecified atom stereocenters. The summed E-state index contributed by atoms with van der Waals surface area (Å²) in [6.45, 7) is 2.33. The largest absolute Gasteiger partial charge is 0.296 e. The average molecular weight is 269 g/mol. The van der Waals surface area contributed by atoms with Crippen LogP contribution in [0.15, 0.2) is 34.3 Å². The minimum Gasteiger partial charge on any atom is -0.266 e. The highest BCUT2D eigenvalue weighted by Crippen LogP contribution is 2.13. The lowest BCUT2D eigenvalue weighted by molar-refractivity contribution is 0.309. The summed E-state index contributed by atoms with van der Waals surface area (Å²) in [5.74, 6) is 0. The molecular formula is C11H15N3O3S. The fourth-order valence-corrected chi connectivity index (χ4v) is 2.21. The van der Waals surface area contributed by atoms with Gasteiger partial charge in [-0.25, -0.2) is 0 Å². The summed E-state index contributed by atoms with van der Waals surface area (Å²) in [7, 11) is -3.67. The third kappa shape index (κ3) is 4.75. The molecule has 0 spiro atoms. The van der Waals surface area contributed by atoms with Gasteiger partial charge in [-0.1, -0.05) is 22.8 Å². The van der Waals surface area contributed by atoms with Gasteiger partial charge in [0.25, 0.3) is 10.1 Å². The second kappa shape index (κ2) is 7.00. The van der Waals surface area contributed by atoms with Crippen LogP contribution in [0.5, 0.6) is 0 Å². The van der Waals surface area contributed by atoms with E-state index in [-0.39, 0.29) is 11.5 Å². The van der Waals surface area contributed by atoms with Crippen molar-refractivity contribution in [2.75, 3.05) is 13.2 Å². The van der Waals surface area contributed by atoms with E-state index < -0.39 is 10.1 Å². The van der Waals surface area contributed by atoms with E-state index in [0.717, 1.165) is 5.56 Å². The molecule has 0 aromatic heterocycles. The molecule has 0 aliphatic carbocycles. The number of hydrogen-bond donors (Lipinski definition) is 0. The quantitative estimate of drug-likeness (QED) is 0.250. The van der Waals surface area contributed by atoms with Crippen LogP contribution in [0.4, 0.5) is 0 Å². The van der Waals surface area contributed by atoms with E-state index in [9.17, 15) is 8.42 Å². The van der Waals surface area contributed by atoms with Gasteiger partial charge in [0.2, 0.25) is 0 Å². The molecule has 0 saturated carbocycles. The third-order valence-corrected chi connectivity index (χ3v) is 3.59. The van der Waals surface area contributed by atoms with Crippen molar-refractivity contribution in [3.05, 3.63) is 40.3 Å². The minimum absolute atomic E-state index is 0.0944. The highest BCUT2D eigenvalue weighted by atomic mass is 32.2. The zero-order chi connectivity index (χ0) is 13.4. The highest BCUT2D eigenvalue weighted by Gasteiger charge is 2.13. The van der Waals surface area contributed by atoms with E-state index in [2.05, 4.69) is 10.0 Å². The first-order valence-corrected chi connectivity index (χ1v) is 6.94. The van der Waals surface area contributed by atoms with Gasteiger partial charge in [-0.3, -0.25) is 4.18 Å². The second-order valence-electron chi connectivity index (χ2n) is 3.75. The maximum absolute atomic E-state index is 11.7. The van der Waals surface area contributed by atoms with Crippen LogP contribution in [0.3, 0.4) is 0 Å². The first-order valence-electron chi connectivity index (χ1n) is 5.53. The molecular weight excluding hydrogens is 254 g/mol. The molecule has 0 aliphatic heterocycles. The molecule has 0 atom stereocenters. The van der Waals surface area contributed by atoms with Gasteiger partial charge >= 0.3 is 0 Å². The molecule has 0 amide bonds. The molecule has 18 heavy (non-hydrogen) atoms. The van der Waals surface area contributed by atoms with Gasteiger partial charge in [0, 0.05) is 11.5 Å². The van der Waals surface area contributed by atoms with Crippen LogP contribution in [0.25, 0.3) is 10.4 Å². The topological polar surface area (TPSA) is 92.1 Å². The number of azide groups is 1. The summed E-state index contributed by atoms with van der Waals surface area (Å²) < 4.78 is 28.3. The maximum atomic E-state index is 11.7. The Kier molecular flexibility index (Phi) is 5.64. The Balaban J connectivity index is 2.45. The van der Waals surface area contributed by atoms with Gasteiger partial charge in [0.1, 0.15) is 0 Å². The molecule has 6 nitrogen and oxygen atoms in total. The number of hydrogen-bond acceptors (Lipinski definition) is 4. The molecule has 7 heteroatoms. The molecule has 1 aromatic carbocycles. The van der Waals surface area contributed by atoms with Gasteiger partial charge < -0.3 is 0 Å². The molecule has 1 aromatic rings. The smallest absolute Gasteiger partial charge is 0.266 e. The minimum atomic E-state index is -3.67. The Labute approximate surface area is 106 Å². The standard InChI is InChI=1S/C11H15N3O3S/c1-10-4-6-11(7-5-10)18(15,16)17-9-3-2-8-13-14-12/h4-7H,2-3,8-9H2,1H3. The molecule has 0 radical (unpaired) electrons. The summed E-state index contributed by atoms with van der Waals surface area (Å²) in [5, 5.41) is 3.35. The first-order chi connectivity index (χ1) is 8.56. The van der Waals surface area contributed by atoms with Gasteiger partial charge in [-0.2, -0.15) is 8.42 Å². The number of unbranched alkanes of at least 4 members (excludes halogenated alkanes) is 1. The molecule has 98 valence electrons. The van der Waals surface area contributed by atoms with E-state index >= 15 is 0 Å². The van der Waals surface area contributed by atoms with Crippen LogP contribution in [0.2, 0.25) is 0 Å². The zero-order valence-corrected chi connectivity index (χ0v) is 10.9. The molecule has 0 aliphatic rings. The van der Waals surface area contributed by atoms with Crippen LogP contribution in [0, 0.1) is 6.92 Å². The van der Waals surface area contributed by atoms with Crippen molar-refractivity contribution in [2.24, 2.45) is 5.11 Å². The van der Waals surface area contributed by atoms with Crippen LogP contribution in [-0.2, 0) is 14.3 Å². The molecule has 0 bridgehead atoms. The van der Waals surface area contributed by atoms with Gasteiger partial charge in [-0.05, 0) is 37.4 Å². The van der Waals surface area contributed by atoms with Gasteiger partial charge in [0.15, 0.2) is 0 Å². The normalized spacial score (nSPS) is 10.9. The van der Waals surface area contributed by atoms with Crippen LogP contribution in [0.1, 0.15) is 18.4 Å². The number of aryl methyl sites for hydroxylation is 1. The van der Waals surface area contributed by atoms with Crippen molar-refractivity contribution >= 4 is 10.1 Å². The van der Waals surface area contributed by atoms with Crippen molar-refractivity contribution in [2.45, 2.75) is 24.7 Å². The van der Waals surface area contributed by atoms with E-state index in [1.54, 1.807) is 12.1 Å². The van der Waals surface area contributed by atoms with E-state index in [4.69, 9.17) is 9.71 Å². The Hall–Kier alpha value is -1.56. The Morgan fingerprint density at radius 3 is 2.56 bits per heavy atom. The highest BCUT2D eigenvalue weighted by molar-refractivity contribution is 7.86. The predicted octanol–water partition coefficient (Wildman–Crippen LogP) is 2.79. The van der Waals surface area contributed by atoms with Crippen LogP contribution < -0.4 is 0 Å². The number of rotatable bonds is 7. The second-order valence-corrected chi connectivity index (χ2v) is 5.37. The number of benzene rings is 1. The molecule has 1 rings (SSSR count). The van der Waals surface area contributed by atoms with E-state index in [1.807, 2.05) is 6.92 Å². The average Bonchev–Trinajstić information content (AvgIpc) is 2.34. The Morgan fingerprint density at radius 2 is 1.94 bits per heavy atom. The lowest BCUT2D eigenvalue weighted by Crippen LogP contribution is -2.07. The Morgan fingerprint density at radius 1 is 1.28 bits per heavy atom. The summed E-state index contributed by atoms with van der Waals surface area (Å²) in [5.41, 5.74) is 9.04. The molecule has 0 saturated heterocycles. The molecule has 0 heterocycles. The van der Waals surface area contributed by atoms with Crippen molar-refractivity contribution in [3.63, 3.8) is 0 Å². The predicted molar refractivity (Wildman–Crippen MR) is 67.6 cm³/mol. The lowest BCUT2D eigenvalue weighted by atomic mass is 10.2. The van der Waals surface area contributed by atoms with Crippen molar-refractivity contribution in [1.82, 2.24) is 0 Å². The fraction of sp³-hybridized carbons (Fsp3) is 0.455. The van der Waals surface area contributed by atoms with Crippen molar-refractivity contribution < 1.29 is 12.6 Å². The van der Waals surface area contributed by atoms with E-state index in [1.165, 1.54) is 12.1 Å². The fourth-order valence-electron chi connectivity index (χ4n) is 1.27. The summed E-state index contributed by atoms with van der Waals surface area (Å²) in [4.78, 5) is 2.76. The van der Waals surface area contributed by atoms with E-state index in [0.29, 0.717) is 19.4 Å². The summed E-state index contributed by atoms with van der Waals surface area (Å²) in [6, 6.07) is 6.48. The lowest BCUT2D eigenvalue weighted by Gasteiger charge is -2.05. The third-order valence-electron chi connectivity index (χ3n) is 2.26. The maximum Gasteiger partial charge on any atom is 0.296 e. The number of nitrogens with zero attached hydrogens (tertiary/aromatic N) is 3. The van der Waals surface area contributed by atoms with Crippen molar-refractivity contribution in [3.8, 4) is 0 Å². The van der Waals surface area contributed by atoms with Crippen LogP contribution in [-0.4, -0.2) is 21.6 Å². The summed E-state index contributed by atoms with van der Waals surface area (Å²) >= 11 is 0. The van der Waals surface area contributed by atoms with Gasteiger partial charge in [-0.15, -0.1) is 0 Å². The monoisotopic (exact) mass is 269 g/mol. The summed E-state index contributed by atoms with van der Waals surface area (Å²) in [6.07, 6.45) is 1.14. The van der Waals surface area contributed by atoms with Crippen molar-refractivity contribution in [1.29, 1.82) is 0 Å². The van der Waals surface area contributed by atoms with Crippen LogP contribution >= 0.6 is 0 Å². The zero-order valence-electron chi connectivity index (χ0n) is 10.1. The SMILES string of the molecule is Cc1ccc(S(=O)(=O)OCCCCN=[N+]=[N-])cc1. The Bertz CT molecular complexity index is 519. The first kappa shape index (κ1) is 14.5. The van der Waals surface area contributed by atoms with Gasteiger partial charge in [0.05, 0.1) is 11.5 Å².